The molecule has 136 valence electrons. The van der Waals surface area contributed by atoms with Gasteiger partial charge >= 0.3 is 0 Å². The first-order valence-electron chi connectivity index (χ1n) is 9.04. The van der Waals surface area contributed by atoms with Crippen molar-refractivity contribution in [1.82, 2.24) is 24.5 Å². The standard InChI is InChI=1S/C21H20FN5/c1-3-5-16-18(24-12-15-9-8-14(2)25-20(15)16)13-27-11-10-23-21(27)17-6-4-7-19(22)26-17/h4,6-12H,3,5,13H2,1-2H3. The molecular formula is C21H20FN5. The Morgan fingerprint density at radius 3 is 2.78 bits per heavy atom. The summed E-state index contributed by atoms with van der Waals surface area (Å²) in [6.45, 7) is 4.69. The second kappa shape index (κ2) is 7.23. The zero-order valence-electron chi connectivity index (χ0n) is 15.4. The normalized spacial score (nSPS) is 11.2. The fourth-order valence-corrected chi connectivity index (χ4v) is 3.29. The number of nitrogens with zero attached hydrogens (tertiary/aromatic N) is 5. The van der Waals surface area contributed by atoms with Crippen molar-refractivity contribution in [1.29, 1.82) is 0 Å². The predicted octanol–water partition coefficient (Wildman–Crippen LogP) is 4.34. The average molecular weight is 361 g/mol. The molecule has 0 bridgehead atoms. The fraction of sp³-hybridized carbons (Fsp3) is 0.238. The van der Waals surface area contributed by atoms with E-state index in [0.29, 0.717) is 18.1 Å². The molecule has 0 saturated carbocycles. The molecule has 4 aromatic rings. The molecular weight excluding hydrogens is 341 g/mol. The van der Waals surface area contributed by atoms with E-state index in [0.717, 1.165) is 40.7 Å². The van der Waals surface area contributed by atoms with Crippen LogP contribution in [0.3, 0.4) is 0 Å². The van der Waals surface area contributed by atoms with Crippen molar-refractivity contribution in [3.05, 3.63) is 71.8 Å². The Morgan fingerprint density at radius 2 is 1.96 bits per heavy atom. The number of rotatable bonds is 5. The van der Waals surface area contributed by atoms with Gasteiger partial charge in [-0.15, -0.1) is 0 Å². The molecule has 6 heteroatoms. The van der Waals surface area contributed by atoms with Gasteiger partial charge in [0.05, 0.1) is 17.8 Å². The van der Waals surface area contributed by atoms with Crippen LogP contribution in [0.2, 0.25) is 0 Å². The Balaban J connectivity index is 1.79. The summed E-state index contributed by atoms with van der Waals surface area (Å²) in [5.41, 5.74) is 4.62. The van der Waals surface area contributed by atoms with Crippen LogP contribution in [0.5, 0.6) is 0 Å². The van der Waals surface area contributed by atoms with Crippen LogP contribution in [0.4, 0.5) is 4.39 Å². The van der Waals surface area contributed by atoms with E-state index in [1.807, 2.05) is 30.0 Å². The van der Waals surface area contributed by atoms with E-state index in [1.54, 1.807) is 18.3 Å². The molecule has 0 aliphatic rings. The predicted molar refractivity (Wildman–Crippen MR) is 103 cm³/mol. The molecule has 0 amide bonds. The summed E-state index contributed by atoms with van der Waals surface area (Å²) >= 11 is 0. The van der Waals surface area contributed by atoms with Crippen LogP contribution in [0.1, 0.15) is 30.3 Å². The van der Waals surface area contributed by atoms with Crippen LogP contribution in [0.25, 0.3) is 22.4 Å². The smallest absolute Gasteiger partial charge is 0.213 e. The number of aromatic nitrogens is 5. The van der Waals surface area contributed by atoms with E-state index in [9.17, 15) is 4.39 Å². The van der Waals surface area contributed by atoms with Gasteiger partial charge in [-0.1, -0.05) is 19.4 Å². The number of fused-ring (bicyclic) bond motifs is 1. The van der Waals surface area contributed by atoms with Gasteiger partial charge < -0.3 is 4.57 Å². The van der Waals surface area contributed by atoms with Crippen molar-refractivity contribution in [3.8, 4) is 11.5 Å². The maximum absolute atomic E-state index is 13.5. The number of aryl methyl sites for hydroxylation is 2. The highest BCUT2D eigenvalue weighted by atomic mass is 19.1. The zero-order chi connectivity index (χ0) is 18.8. The van der Waals surface area contributed by atoms with Gasteiger partial charge in [0.15, 0.2) is 5.82 Å². The highest BCUT2D eigenvalue weighted by Crippen LogP contribution is 2.23. The molecule has 4 aromatic heterocycles. The van der Waals surface area contributed by atoms with E-state index in [2.05, 4.69) is 23.0 Å². The van der Waals surface area contributed by atoms with Gasteiger partial charge in [-0.2, -0.15) is 4.39 Å². The monoisotopic (exact) mass is 361 g/mol. The molecule has 0 fully saturated rings. The van der Waals surface area contributed by atoms with Crippen molar-refractivity contribution in [2.75, 3.05) is 0 Å². The summed E-state index contributed by atoms with van der Waals surface area (Å²) in [5.74, 6) is 0.105. The summed E-state index contributed by atoms with van der Waals surface area (Å²) in [6.07, 6.45) is 7.34. The lowest BCUT2D eigenvalue weighted by atomic mass is 10.0. The molecule has 0 atom stereocenters. The summed E-state index contributed by atoms with van der Waals surface area (Å²) in [5, 5.41) is 1.05. The number of halogens is 1. The first kappa shape index (κ1) is 17.3. The Kier molecular flexibility index (Phi) is 4.62. The van der Waals surface area contributed by atoms with E-state index >= 15 is 0 Å². The van der Waals surface area contributed by atoms with Crippen LogP contribution in [-0.4, -0.2) is 24.5 Å². The molecule has 0 aliphatic carbocycles. The van der Waals surface area contributed by atoms with Gasteiger partial charge in [0.1, 0.15) is 5.69 Å². The molecule has 0 unspecified atom stereocenters. The van der Waals surface area contributed by atoms with Crippen molar-refractivity contribution >= 4 is 10.9 Å². The van der Waals surface area contributed by atoms with Crippen LogP contribution in [0.15, 0.2) is 48.9 Å². The first-order valence-corrected chi connectivity index (χ1v) is 9.04. The molecule has 4 heterocycles. The number of hydrogen-bond acceptors (Lipinski definition) is 4. The van der Waals surface area contributed by atoms with E-state index in [4.69, 9.17) is 9.97 Å². The highest BCUT2D eigenvalue weighted by Gasteiger charge is 2.14. The van der Waals surface area contributed by atoms with Gasteiger partial charge in [0.2, 0.25) is 5.95 Å². The topological polar surface area (TPSA) is 56.5 Å². The largest absolute Gasteiger partial charge is 0.324 e. The minimum absolute atomic E-state index is 0.506. The van der Waals surface area contributed by atoms with Gasteiger partial charge in [-0.3, -0.25) is 9.97 Å². The SMILES string of the molecule is CCCc1c(Cn2ccnc2-c2cccc(F)n2)ncc2ccc(C)nc12. The minimum atomic E-state index is -0.516. The van der Waals surface area contributed by atoms with Gasteiger partial charge in [0.25, 0.3) is 0 Å². The Bertz CT molecular complexity index is 1100. The average Bonchev–Trinajstić information content (AvgIpc) is 3.12. The first-order chi connectivity index (χ1) is 13.2. The van der Waals surface area contributed by atoms with Crippen molar-refractivity contribution in [3.63, 3.8) is 0 Å². The second-order valence-corrected chi connectivity index (χ2v) is 6.55. The summed E-state index contributed by atoms with van der Waals surface area (Å²) in [7, 11) is 0. The third-order valence-corrected chi connectivity index (χ3v) is 4.54. The quantitative estimate of drug-likeness (QED) is 0.496. The summed E-state index contributed by atoms with van der Waals surface area (Å²) in [4.78, 5) is 17.8. The molecule has 0 saturated heterocycles. The van der Waals surface area contributed by atoms with Crippen LogP contribution < -0.4 is 0 Å². The molecule has 0 N–H and O–H groups in total. The Morgan fingerprint density at radius 1 is 1.07 bits per heavy atom. The third kappa shape index (κ3) is 3.43. The summed E-state index contributed by atoms with van der Waals surface area (Å²) < 4.78 is 15.5. The lowest BCUT2D eigenvalue weighted by Crippen LogP contribution is -2.08. The van der Waals surface area contributed by atoms with E-state index in [-0.39, 0.29) is 0 Å². The maximum Gasteiger partial charge on any atom is 0.213 e. The van der Waals surface area contributed by atoms with Crippen molar-refractivity contribution in [2.24, 2.45) is 0 Å². The highest BCUT2D eigenvalue weighted by molar-refractivity contribution is 5.81. The maximum atomic E-state index is 13.5. The molecule has 0 radical (unpaired) electrons. The molecule has 5 nitrogen and oxygen atoms in total. The number of hydrogen-bond donors (Lipinski definition) is 0. The van der Waals surface area contributed by atoms with Crippen LogP contribution in [0, 0.1) is 12.9 Å². The second-order valence-electron chi connectivity index (χ2n) is 6.55. The minimum Gasteiger partial charge on any atom is -0.324 e. The molecule has 0 aliphatic heterocycles. The van der Waals surface area contributed by atoms with Crippen LogP contribution in [-0.2, 0) is 13.0 Å². The van der Waals surface area contributed by atoms with E-state index in [1.165, 1.54) is 6.07 Å². The van der Waals surface area contributed by atoms with Crippen molar-refractivity contribution in [2.45, 2.75) is 33.2 Å². The van der Waals surface area contributed by atoms with Gasteiger partial charge in [-0.05, 0) is 37.6 Å². The number of imidazole rings is 1. The third-order valence-electron chi connectivity index (χ3n) is 4.54. The summed E-state index contributed by atoms with van der Waals surface area (Å²) in [6, 6.07) is 8.79. The fourth-order valence-electron chi connectivity index (χ4n) is 3.29. The molecule has 27 heavy (non-hydrogen) atoms. The van der Waals surface area contributed by atoms with Crippen molar-refractivity contribution < 1.29 is 4.39 Å². The Labute approximate surface area is 157 Å². The van der Waals surface area contributed by atoms with Gasteiger partial charge in [0, 0.05) is 35.2 Å². The van der Waals surface area contributed by atoms with Gasteiger partial charge in [-0.25, -0.2) is 9.97 Å². The lowest BCUT2D eigenvalue weighted by molar-refractivity contribution is 0.584. The van der Waals surface area contributed by atoms with Crippen LogP contribution >= 0.6 is 0 Å². The Hall–Kier alpha value is -3.15. The lowest BCUT2D eigenvalue weighted by Gasteiger charge is -2.13. The number of pyridine rings is 3. The molecule has 0 spiro atoms. The molecule has 4 rings (SSSR count). The molecule has 0 aromatic carbocycles. The van der Waals surface area contributed by atoms with E-state index < -0.39 is 5.95 Å². The zero-order valence-corrected chi connectivity index (χ0v) is 15.4.